The molecular formula is C5H12NO+. The second-order valence-corrected chi connectivity index (χ2v) is 2.67. The first-order valence-electron chi connectivity index (χ1n) is 2.69. The van der Waals surface area contributed by atoms with Gasteiger partial charge in [-0.15, -0.1) is 0 Å². The van der Waals surface area contributed by atoms with Crippen molar-refractivity contribution < 1.29 is 10.4 Å². The van der Waals surface area contributed by atoms with Gasteiger partial charge in [0.2, 0.25) is 0 Å². The van der Waals surface area contributed by atoms with Crippen molar-refractivity contribution in [3.63, 3.8) is 0 Å². The third kappa shape index (κ3) is 0.763. The first kappa shape index (κ1) is 5.06. The molecule has 1 aliphatic rings. The van der Waals surface area contributed by atoms with Crippen LogP contribution in [0.15, 0.2) is 0 Å². The van der Waals surface area contributed by atoms with E-state index in [2.05, 4.69) is 12.2 Å². The molecule has 42 valence electrons. The molecule has 2 nitrogen and oxygen atoms in total. The Morgan fingerprint density at radius 2 is 2.29 bits per heavy atom. The third-order valence-corrected chi connectivity index (χ3v) is 1.66. The van der Waals surface area contributed by atoms with E-state index in [9.17, 15) is 0 Å². The molecule has 0 aliphatic carbocycles. The average molecular weight is 102 g/mol. The zero-order valence-electron chi connectivity index (χ0n) is 4.65. The Morgan fingerprint density at radius 1 is 1.71 bits per heavy atom. The SMILES string of the molecule is CC1(CO)C[NH2+]C1. The van der Waals surface area contributed by atoms with Gasteiger partial charge in [0, 0.05) is 0 Å². The van der Waals surface area contributed by atoms with Crippen molar-refractivity contribution in [3.8, 4) is 0 Å². The van der Waals surface area contributed by atoms with Gasteiger partial charge >= 0.3 is 0 Å². The standard InChI is InChI=1S/C5H11NO/c1-5(4-7)2-6-3-5/h6-7H,2-4H2,1H3/p+1. The molecule has 0 radical (unpaired) electrons. The maximum atomic E-state index is 8.63. The summed E-state index contributed by atoms with van der Waals surface area (Å²) in [6, 6.07) is 0. The Morgan fingerprint density at radius 3 is 2.29 bits per heavy atom. The number of hydrogen-bond donors (Lipinski definition) is 2. The minimum atomic E-state index is 0.264. The topological polar surface area (TPSA) is 36.8 Å². The summed E-state index contributed by atoms with van der Waals surface area (Å²) >= 11 is 0. The Bertz CT molecular complexity index is 63.0. The zero-order valence-corrected chi connectivity index (χ0v) is 4.65. The Kier molecular flexibility index (Phi) is 1.05. The van der Waals surface area contributed by atoms with E-state index in [1.807, 2.05) is 0 Å². The molecule has 0 aromatic carbocycles. The molecule has 0 unspecified atom stereocenters. The van der Waals surface area contributed by atoms with Crippen molar-refractivity contribution >= 4 is 0 Å². The highest BCUT2D eigenvalue weighted by Gasteiger charge is 2.35. The molecule has 0 spiro atoms. The van der Waals surface area contributed by atoms with Crippen LogP contribution in [0.3, 0.4) is 0 Å². The predicted molar refractivity (Wildman–Crippen MR) is 26.9 cm³/mol. The molecule has 7 heavy (non-hydrogen) atoms. The molecule has 0 saturated carbocycles. The van der Waals surface area contributed by atoms with E-state index in [4.69, 9.17) is 5.11 Å². The molecule has 0 aromatic rings. The van der Waals surface area contributed by atoms with Crippen molar-refractivity contribution in [3.05, 3.63) is 0 Å². The van der Waals surface area contributed by atoms with Crippen LogP contribution in [0.25, 0.3) is 0 Å². The minimum Gasteiger partial charge on any atom is -0.395 e. The number of nitrogens with two attached hydrogens (primary N) is 1. The van der Waals surface area contributed by atoms with Gasteiger partial charge in [-0.25, -0.2) is 0 Å². The fourth-order valence-electron chi connectivity index (χ4n) is 0.766. The van der Waals surface area contributed by atoms with Crippen LogP contribution in [0.2, 0.25) is 0 Å². The van der Waals surface area contributed by atoms with E-state index in [0.717, 1.165) is 13.1 Å². The molecule has 0 amide bonds. The molecule has 2 heteroatoms. The van der Waals surface area contributed by atoms with Gasteiger partial charge < -0.3 is 10.4 Å². The van der Waals surface area contributed by atoms with Crippen molar-refractivity contribution in [2.24, 2.45) is 5.41 Å². The highest BCUT2D eigenvalue weighted by atomic mass is 16.3. The highest BCUT2D eigenvalue weighted by molar-refractivity contribution is 4.74. The van der Waals surface area contributed by atoms with Crippen molar-refractivity contribution in [2.45, 2.75) is 6.92 Å². The third-order valence-electron chi connectivity index (χ3n) is 1.66. The summed E-state index contributed by atoms with van der Waals surface area (Å²) in [4.78, 5) is 0. The second kappa shape index (κ2) is 1.46. The molecule has 1 heterocycles. The van der Waals surface area contributed by atoms with Crippen molar-refractivity contribution in [1.82, 2.24) is 0 Å². The second-order valence-electron chi connectivity index (χ2n) is 2.67. The van der Waals surface area contributed by atoms with Gasteiger partial charge in [0.05, 0.1) is 25.1 Å². The smallest absolute Gasteiger partial charge is 0.0887 e. The summed E-state index contributed by atoms with van der Waals surface area (Å²) in [5.74, 6) is 0. The van der Waals surface area contributed by atoms with Gasteiger partial charge in [-0.05, 0) is 6.92 Å². The lowest BCUT2D eigenvalue weighted by atomic mass is 9.85. The van der Waals surface area contributed by atoms with Crippen molar-refractivity contribution in [2.75, 3.05) is 19.7 Å². The van der Waals surface area contributed by atoms with Crippen LogP contribution in [-0.2, 0) is 0 Å². The molecule has 0 bridgehead atoms. The van der Waals surface area contributed by atoms with E-state index in [1.54, 1.807) is 0 Å². The molecule has 3 N–H and O–H groups in total. The molecule has 1 fully saturated rings. The summed E-state index contributed by atoms with van der Waals surface area (Å²) in [7, 11) is 0. The lowest BCUT2D eigenvalue weighted by molar-refractivity contribution is -0.740. The number of quaternary nitrogens is 1. The van der Waals surface area contributed by atoms with Crippen LogP contribution in [-0.4, -0.2) is 24.8 Å². The number of rotatable bonds is 1. The van der Waals surface area contributed by atoms with E-state index in [-0.39, 0.29) is 5.41 Å². The molecule has 1 saturated heterocycles. The van der Waals surface area contributed by atoms with E-state index >= 15 is 0 Å². The zero-order chi connectivity index (χ0) is 5.33. The Balaban J connectivity index is 2.29. The van der Waals surface area contributed by atoms with E-state index in [0.29, 0.717) is 6.61 Å². The normalized spacial score (nSPS) is 26.6. The van der Waals surface area contributed by atoms with Crippen LogP contribution in [0, 0.1) is 5.41 Å². The Hall–Kier alpha value is -0.0800. The summed E-state index contributed by atoms with van der Waals surface area (Å²) in [6.45, 7) is 4.66. The van der Waals surface area contributed by atoms with Crippen LogP contribution in [0.4, 0.5) is 0 Å². The molecular weight excluding hydrogens is 90.1 g/mol. The molecule has 0 aromatic heterocycles. The minimum absolute atomic E-state index is 0.264. The molecule has 1 rings (SSSR count). The van der Waals surface area contributed by atoms with Gasteiger partial charge in [0.25, 0.3) is 0 Å². The van der Waals surface area contributed by atoms with Crippen LogP contribution in [0.5, 0.6) is 0 Å². The number of hydrogen-bond acceptors (Lipinski definition) is 1. The fourth-order valence-corrected chi connectivity index (χ4v) is 0.766. The average Bonchev–Trinajstić information content (AvgIpc) is 1.61. The summed E-state index contributed by atoms with van der Waals surface area (Å²) in [5, 5.41) is 10.8. The summed E-state index contributed by atoms with van der Waals surface area (Å²) in [6.07, 6.45) is 0. The van der Waals surface area contributed by atoms with Gasteiger partial charge in [-0.1, -0.05) is 0 Å². The number of aliphatic hydroxyl groups excluding tert-OH is 1. The summed E-state index contributed by atoms with van der Waals surface area (Å²) in [5.41, 5.74) is 0.264. The highest BCUT2D eigenvalue weighted by Crippen LogP contribution is 2.12. The lowest BCUT2D eigenvalue weighted by Gasteiger charge is -2.32. The predicted octanol–water partition coefficient (Wildman–Crippen LogP) is -1.44. The van der Waals surface area contributed by atoms with Gasteiger partial charge in [0.15, 0.2) is 0 Å². The monoisotopic (exact) mass is 102 g/mol. The van der Waals surface area contributed by atoms with Crippen LogP contribution in [0.1, 0.15) is 6.92 Å². The van der Waals surface area contributed by atoms with Crippen LogP contribution < -0.4 is 5.32 Å². The fraction of sp³-hybridized carbons (Fsp3) is 1.00. The molecule has 0 atom stereocenters. The summed E-state index contributed by atoms with van der Waals surface area (Å²) < 4.78 is 0. The van der Waals surface area contributed by atoms with Gasteiger partial charge in [0.1, 0.15) is 0 Å². The van der Waals surface area contributed by atoms with Gasteiger partial charge in [-0.3, -0.25) is 0 Å². The van der Waals surface area contributed by atoms with E-state index < -0.39 is 0 Å². The van der Waals surface area contributed by atoms with Crippen LogP contribution >= 0.6 is 0 Å². The molecule has 1 aliphatic heterocycles. The van der Waals surface area contributed by atoms with E-state index in [1.165, 1.54) is 0 Å². The number of aliphatic hydroxyl groups is 1. The van der Waals surface area contributed by atoms with Crippen molar-refractivity contribution in [1.29, 1.82) is 0 Å². The first-order valence-corrected chi connectivity index (χ1v) is 2.69. The maximum Gasteiger partial charge on any atom is 0.0887 e. The maximum absolute atomic E-state index is 8.63. The first-order chi connectivity index (χ1) is 3.27. The largest absolute Gasteiger partial charge is 0.395 e. The quantitative estimate of drug-likeness (QED) is 0.418. The Labute approximate surface area is 43.5 Å². The van der Waals surface area contributed by atoms with Gasteiger partial charge in [-0.2, -0.15) is 0 Å². The lowest BCUT2D eigenvalue weighted by Crippen LogP contribution is -3.00.